The summed E-state index contributed by atoms with van der Waals surface area (Å²) in [6.45, 7) is 5.27. The maximum Gasteiger partial charge on any atom is 0.225 e. The third kappa shape index (κ3) is 7.94. The van der Waals surface area contributed by atoms with Gasteiger partial charge in [-0.3, -0.25) is 9.59 Å². The highest BCUT2D eigenvalue weighted by molar-refractivity contribution is 7.92. The highest BCUT2D eigenvalue weighted by Crippen LogP contribution is 2.36. The first-order valence-corrected chi connectivity index (χ1v) is 16.7. The van der Waals surface area contributed by atoms with Crippen LogP contribution in [0.25, 0.3) is 0 Å². The molecule has 0 saturated heterocycles. The summed E-state index contributed by atoms with van der Waals surface area (Å²) in [6.07, 6.45) is 15.4. The maximum absolute atomic E-state index is 13.5. The van der Waals surface area contributed by atoms with E-state index < -0.39 is 9.84 Å². The third-order valence-corrected chi connectivity index (χ3v) is 11.7. The van der Waals surface area contributed by atoms with E-state index >= 15 is 0 Å². The molecule has 0 spiro atoms. The molecule has 4 fully saturated rings. The standard InChI is InChI=1S/C29H50N2O4S/c1-21(2)19-31(26-6-4-3-5-7-26)29(33)24-12-14-25(15-13-24)30-28(32)18-22-10-16-27(17-11-22)36(34,35)20-23-8-9-23/h21-27H,3-20H2,1-2H3,(H,30,32). The van der Waals surface area contributed by atoms with Crippen LogP contribution >= 0.6 is 0 Å². The number of hydrogen-bond donors (Lipinski definition) is 1. The maximum atomic E-state index is 13.5. The van der Waals surface area contributed by atoms with Crippen LogP contribution < -0.4 is 5.32 Å². The van der Waals surface area contributed by atoms with Crippen LogP contribution in [-0.2, 0) is 19.4 Å². The van der Waals surface area contributed by atoms with E-state index in [2.05, 4.69) is 24.1 Å². The summed E-state index contributed by atoms with van der Waals surface area (Å²) in [7, 11) is -2.96. The first-order valence-electron chi connectivity index (χ1n) is 15.0. The van der Waals surface area contributed by atoms with Crippen molar-refractivity contribution < 1.29 is 18.0 Å². The third-order valence-electron chi connectivity index (χ3n) is 9.24. The molecule has 0 aromatic rings. The number of amides is 2. The molecule has 0 radical (unpaired) electrons. The van der Waals surface area contributed by atoms with Crippen LogP contribution in [0, 0.1) is 23.7 Å². The zero-order valence-corrected chi connectivity index (χ0v) is 23.6. The SMILES string of the molecule is CC(C)CN(C(=O)C1CCC(NC(=O)CC2CCC(S(=O)(=O)CC3CC3)CC2)CC1)C1CCCCC1. The summed E-state index contributed by atoms with van der Waals surface area (Å²) < 4.78 is 25.2. The molecule has 2 amide bonds. The zero-order chi connectivity index (χ0) is 25.7. The Morgan fingerprint density at radius 1 is 0.806 bits per heavy atom. The second kappa shape index (κ2) is 12.6. The molecule has 4 saturated carbocycles. The van der Waals surface area contributed by atoms with Gasteiger partial charge in [0.15, 0.2) is 9.84 Å². The van der Waals surface area contributed by atoms with Crippen molar-refractivity contribution in [1.82, 2.24) is 10.2 Å². The molecule has 206 valence electrons. The number of carbonyl (C=O) groups excluding carboxylic acids is 2. The van der Waals surface area contributed by atoms with Crippen LogP contribution in [0.4, 0.5) is 0 Å². The van der Waals surface area contributed by atoms with Gasteiger partial charge in [0.05, 0.1) is 11.0 Å². The summed E-state index contributed by atoms with van der Waals surface area (Å²) >= 11 is 0. The zero-order valence-electron chi connectivity index (χ0n) is 22.8. The lowest BCUT2D eigenvalue weighted by molar-refractivity contribution is -0.140. The van der Waals surface area contributed by atoms with Gasteiger partial charge in [-0.2, -0.15) is 0 Å². The van der Waals surface area contributed by atoms with Gasteiger partial charge in [0, 0.05) is 31.0 Å². The minimum Gasteiger partial charge on any atom is -0.353 e. The predicted molar refractivity (Wildman–Crippen MR) is 144 cm³/mol. The van der Waals surface area contributed by atoms with Crippen LogP contribution in [0.5, 0.6) is 0 Å². The van der Waals surface area contributed by atoms with Crippen molar-refractivity contribution in [2.75, 3.05) is 12.3 Å². The van der Waals surface area contributed by atoms with E-state index in [-0.39, 0.29) is 23.1 Å². The Morgan fingerprint density at radius 2 is 1.42 bits per heavy atom. The van der Waals surface area contributed by atoms with Crippen LogP contribution in [0.2, 0.25) is 0 Å². The number of hydrogen-bond acceptors (Lipinski definition) is 4. The van der Waals surface area contributed by atoms with Crippen LogP contribution in [-0.4, -0.2) is 54.8 Å². The number of rotatable bonds is 10. The molecule has 7 heteroatoms. The number of nitrogens with one attached hydrogen (secondary N) is 1. The van der Waals surface area contributed by atoms with Gasteiger partial charge in [-0.05, 0) is 94.8 Å². The lowest BCUT2D eigenvalue weighted by atomic mass is 9.83. The van der Waals surface area contributed by atoms with Crippen molar-refractivity contribution in [2.24, 2.45) is 23.7 Å². The van der Waals surface area contributed by atoms with E-state index in [1.165, 1.54) is 19.3 Å². The molecule has 4 aliphatic carbocycles. The van der Waals surface area contributed by atoms with Crippen LogP contribution in [0.3, 0.4) is 0 Å². The fraction of sp³-hybridized carbons (Fsp3) is 0.931. The van der Waals surface area contributed by atoms with Gasteiger partial charge < -0.3 is 10.2 Å². The molecule has 0 aromatic carbocycles. The van der Waals surface area contributed by atoms with Gasteiger partial charge in [0.1, 0.15) is 0 Å². The lowest BCUT2D eigenvalue weighted by Gasteiger charge is -2.39. The van der Waals surface area contributed by atoms with Crippen molar-refractivity contribution in [3.8, 4) is 0 Å². The molecule has 0 atom stereocenters. The molecule has 0 aliphatic heterocycles. The second-order valence-corrected chi connectivity index (χ2v) is 15.2. The summed E-state index contributed by atoms with van der Waals surface area (Å²) in [5, 5.41) is 3.06. The average Bonchev–Trinajstić information content (AvgIpc) is 3.66. The van der Waals surface area contributed by atoms with Crippen molar-refractivity contribution >= 4 is 21.7 Å². The summed E-state index contributed by atoms with van der Waals surface area (Å²) in [6, 6.07) is 0.592. The first-order chi connectivity index (χ1) is 17.2. The summed E-state index contributed by atoms with van der Waals surface area (Å²) in [5.74, 6) is 2.15. The van der Waals surface area contributed by atoms with Crippen molar-refractivity contribution in [1.29, 1.82) is 0 Å². The van der Waals surface area contributed by atoms with E-state index in [0.717, 1.165) is 70.8 Å². The smallest absolute Gasteiger partial charge is 0.225 e. The monoisotopic (exact) mass is 522 g/mol. The predicted octanol–water partition coefficient (Wildman–Crippen LogP) is 5.25. The molecule has 4 rings (SSSR count). The van der Waals surface area contributed by atoms with Gasteiger partial charge >= 0.3 is 0 Å². The van der Waals surface area contributed by atoms with Gasteiger partial charge in [-0.25, -0.2) is 8.42 Å². The highest BCUT2D eigenvalue weighted by atomic mass is 32.2. The number of nitrogens with zero attached hydrogens (tertiary/aromatic N) is 1. The minimum atomic E-state index is -2.96. The van der Waals surface area contributed by atoms with E-state index in [4.69, 9.17) is 0 Å². The first kappa shape index (κ1) is 27.9. The Labute approximate surface area is 219 Å². The number of sulfone groups is 1. The fourth-order valence-corrected chi connectivity index (χ4v) is 9.17. The van der Waals surface area contributed by atoms with E-state index in [1.807, 2.05) is 0 Å². The Bertz CT molecular complexity index is 831. The second-order valence-electron chi connectivity index (χ2n) is 12.9. The molecule has 0 unspecified atom stereocenters. The molecule has 36 heavy (non-hydrogen) atoms. The molecule has 6 nitrogen and oxygen atoms in total. The Balaban J connectivity index is 1.17. The summed E-state index contributed by atoms with van der Waals surface area (Å²) in [4.78, 5) is 28.5. The number of carbonyl (C=O) groups is 2. The van der Waals surface area contributed by atoms with Gasteiger partial charge in [0.2, 0.25) is 11.8 Å². The Hall–Kier alpha value is -1.11. The quantitative estimate of drug-likeness (QED) is 0.425. The van der Waals surface area contributed by atoms with Gasteiger partial charge in [-0.15, -0.1) is 0 Å². The molecule has 4 aliphatic rings. The van der Waals surface area contributed by atoms with Gasteiger partial charge in [0.25, 0.3) is 0 Å². The van der Waals surface area contributed by atoms with Gasteiger partial charge in [-0.1, -0.05) is 33.1 Å². The average molecular weight is 523 g/mol. The Kier molecular flexibility index (Phi) is 9.79. The van der Waals surface area contributed by atoms with Crippen molar-refractivity contribution in [3.63, 3.8) is 0 Å². The molecular weight excluding hydrogens is 472 g/mol. The topological polar surface area (TPSA) is 83.6 Å². The molecule has 0 aromatic heterocycles. The Morgan fingerprint density at radius 3 is 2.00 bits per heavy atom. The van der Waals surface area contributed by atoms with Crippen LogP contribution in [0.15, 0.2) is 0 Å². The fourth-order valence-electron chi connectivity index (χ4n) is 6.92. The van der Waals surface area contributed by atoms with Crippen molar-refractivity contribution in [2.45, 2.75) is 134 Å². The van der Waals surface area contributed by atoms with E-state index in [9.17, 15) is 18.0 Å². The largest absolute Gasteiger partial charge is 0.353 e. The molecule has 0 heterocycles. The van der Waals surface area contributed by atoms with Crippen molar-refractivity contribution in [3.05, 3.63) is 0 Å². The lowest BCUT2D eigenvalue weighted by Crippen LogP contribution is -2.48. The normalized spacial score (nSPS) is 30.2. The van der Waals surface area contributed by atoms with E-state index in [0.29, 0.717) is 54.7 Å². The summed E-state index contributed by atoms with van der Waals surface area (Å²) in [5.41, 5.74) is 0. The molecular formula is C29H50N2O4S. The van der Waals surface area contributed by atoms with Crippen LogP contribution in [0.1, 0.15) is 117 Å². The highest BCUT2D eigenvalue weighted by Gasteiger charge is 2.37. The molecule has 1 N–H and O–H groups in total. The van der Waals surface area contributed by atoms with E-state index in [1.54, 1.807) is 0 Å². The minimum absolute atomic E-state index is 0.103. The molecule has 0 bridgehead atoms.